The molecule has 0 aliphatic rings. The second-order valence-electron chi connectivity index (χ2n) is 2.26. The number of aliphatic carboxylic acids is 1. The van der Waals surface area contributed by atoms with Gasteiger partial charge in [-0.3, -0.25) is 0 Å². The molecule has 0 bridgehead atoms. The van der Waals surface area contributed by atoms with Gasteiger partial charge in [0.2, 0.25) is 0 Å². The monoisotopic (exact) mass is 198 g/mol. The van der Waals surface area contributed by atoms with Gasteiger partial charge in [0.1, 0.15) is 0 Å². The van der Waals surface area contributed by atoms with E-state index in [0.717, 1.165) is 31.8 Å². The van der Waals surface area contributed by atoms with Crippen molar-refractivity contribution >= 4 is 17.6 Å². The Kier molecular flexibility index (Phi) is 14.4. The normalized spacial score (nSPS) is 9.75. The molecule has 0 aromatic heterocycles. The van der Waals surface area contributed by atoms with Crippen LogP contribution >= 0.6 is 11.6 Å². The predicted molar refractivity (Wildman–Crippen MR) is 43.3 cm³/mol. The molecule has 0 aromatic rings. The van der Waals surface area contributed by atoms with Gasteiger partial charge >= 0.3 is 29.6 Å². The summed E-state index contributed by atoms with van der Waals surface area (Å²) in [6.45, 7) is 0. The van der Waals surface area contributed by atoms with Crippen LogP contribution in [0.25, 0.3) is 0 Å². The first-order valence-electron chi connectivity index (χ1n) is 3.71. The Bertz CT molecular complexity index is 137. The molecule has 2 nitrogen and oxygen atoms in total. The summed E-state index contributed by atoms with van der Waals surface area (Å²) in [5.41, 5.74) is 0. The number of hydrogen-bond acceptors (Lipinski definition) is 2. The number of alkyl halides is 1. The average Bonchev–Trinajstić information content (AvgIpc) is 1.96. The minimum absolute atomic E-state index is 0. The summed E-state index contributed by atoms with van der Waals surface area (Å²) in [4.78, 5) is 9.87. The fourth-order valence-corrected chi connectivity index (χ4v) is 0.902. The molecule has 0 atom stereocenters. The number of unbranched alkanes of at least 4 members (excludes halogenated alkanes) is 3. The summed E-state index contributed by atoms with van der Waals surface area (Å²) >= 11 is 5.44. The molecule has 0 heterocycles. The molecule has 0 aliphatic carbocycles. The van der Waals surface area contributed by atoms with Crippen molar-refractivity contribution in [1.82, 2.24) is 0 Å². The second-order valence-corrected chi connectivity index (χ2v) is 2.64. The molecule has 0 saturated carbocycles. The topological polar surface area (TPSA) is 40.1 Å². The molecular weight excluding hydrogens is 187 g/mol. The summed E-state index contributed by atoms with van der Waals surface area (Å²) in [5.74, 6) is -0.438. The molecule has 0 aromatic carbocycles. The predicted octanol–water partition coefficient (Wildman–Crippen LogP) is -1.90. The second kappa shape index (κ2) is 11.5. The molecule has 0 rings (SSSR count). The maximum atomic E-state index is 9.87. The van der Waals surface area contributed by atoms with Gasteiger partial charge in [0.15, 0.2) is 0 Å². The maximum absolute atomic E-state index is 9.87. The van der Waals surface area contributed by atoms with E-state index in [0.29, 0.717) is 5.88 Å². The number of carboxylic acids is 1. The van der Waals surface area contributed by atoms with Gasteiger partial charge in [-0.1, -0.05) is 12.5 Å². The molecule has 0 amide bonds. The van der Waals surface area contributed by atoms with Gasteiger partial charge in [-0.25, -0.2) is 0 Å². The van der Waals surface area contributed by atoms with Crippen molar-refractivity contribution in [3.8, 4) is 0 Å². The van der Waals surface area contributed by atoms with Crippen LogP contribution in [-0.2, 0) is 4.79 Å². The molecule has 0 saturated heterocycles. The van der Waals surface area contributed by atoms with Crippen molar-refractivity contribution < 1.29 is 39.5 Å². The van der Waals surface area contributed by atoms with Gasteiger partial charge in [0.25, 0.3) is 0 Å². The average molecular weight is 199 g/mol. The van der Waals surface area contributed by atoms with Gasteiger partial charge in [-0.15, -0.1) is 11.6 Å². The van der Waals surface area contributed by atoms with Crippen molar-refractivity contribution in [2.75, 3.05) is 5.88 Å². The van der Waals surface area contributed by atoms with Crippen molar-refractivity contribution in [2.24, 2.45) is 0 Å². The number of allylic oxidation sites excluding steroid dienone is 1. The van der Waals surface area contributed by atoms with E-state index in [-0.39, 0.29) is 29.6 Å². The number of halogens is 1. The number of carbonyl (C=O) groups excluding carboxylic acids is 1. The molecule has 12 heavy (non-hydrogen) atoms. The number of hydrogen-bond donors (Lipinski definition) is 0. The Morgan fingerprint density at radius 2 is 2.00 bits per heavy atom. The van der Waals surface area contributed by atoms with E-state index in [1.807, 2.05) is 0 Å². The third-order valence-corrected chi connectivity index (χ3v) is 1.53. The maximum Gasteiger partial charge on any atom is 1.00 e. The van der Waals surface area contributed by atoms with Crippen LogP contribution in [0.4, 0.5) is 0 Å². The summed E-state index contributed by atoms with van der Waals surface area (Å²) in [6.07, 6.45) is 6.53. The fraction of sp³-hybridized carbons (Fsp3) is 0.625. The quantitative estimate of drug-likeness (QED) is 0.216. The number of carboxylic acid groups (broad SMARTS) is 1. The van der Waals surface area contributed by atoms with E-state index in [1.54, 1.807) is 6.08 Å². The zero-order valence-electron chi connectivity index (χ0n) is 7.38. The number of carbonyl (C=O) groups is 1. The molecule has 4 heteroatoms. The molecule has 0 aliphatic heterocycles. The largest absolute Gasteiger partial charge is 1.00 e. The third kappa shape index (κ3) is 13.1. The zero-order valence-corrected chi connectivity index (χ0v) is 10.1. The van der Waals surface area contributed by atoms with Crippen LogP contribution in [0.1, 0.15) is 25.7 Å². The van der Waals surface area contributed by atoms with Crippen molar-refractivity contribution in [2.45, 2.75) is 25.7 Å². The summed E-state index contributed by atoms with van der Waals surface area (Å²) in [5, 5.41) is 9.87. The van der Waals surface area contributed by atoms with Gasteiger partial charge < -0.3 is 9.90 Å². The van der Waals surface area contributed by atoms with E-state index in [4.69, 9.17) is 11.6 Å². The molecule has 0 unspecified atom stereocenters. The minimum atomic E-state index is -1.12. The van der Waals surface area contributed by atoms with Gasteiger partial charge in [0, 0.05) is 5.88 Å². The van der Waals surface area contributed by atoms with Crippen molar-refractivity contribution in [3.05, 3.63) is 12.2 Å². The van der Waals surface area contributed by atoms with E-state index >= 15 is 0 Å². The summed E-state index contributed by atoms with van der Waals surface area (Å²) in [6, 6.07) is 0. The van der Waals surface area contributed by atoms with E-state index in [1.165, 1.54) is 0 Å². The standard InChI is InChI=1S/C8H13ClO2.Na/c9-7-5-3-1-2-4-6-8(10)11;/h4,6H,1-3,5,7H2,(H,10,11);/q;+1/p-1/b6-4+;. The molecule has 0 N–H and O–H groups in total. The van der Waals surface area contributed by atoms with E-state index < -0.39 is 5.97 Å². The first-order valence-corrected chi connectivity index (χ1v) is 4.24. The van der Waals surface area contributed by atoms with Crippen LogP contribution in [0.2, 0.25) is 0 Å². The Morgan fingerprint density at radius 1 is 1.33 bits per heavy atom. The SMILES string of the molecule is O=C([O-])/C=C/CCCCCCl.[Na+]. The van der Waals surface area contributed by atoms with Crippen molar-refractivity contribution in [3.63, 3.8) is 0 Å². The first kappa shape index (κ1) is 15.0. The molecule has 0 spiro atoms. The molecule has 64 valence electrons. The summed E-state index contributed by atoms with van der Waals surface area (Å²) < 4.78 is 0. The van der Waals surface area contributed by atoms with E-state index in [2.05, 4.69) is 0 Å². The van der Waals surface area contributed by atoms with Crippen LogP contribution in [0.15, 0.2) is 12.2 Å². The number of rotatable bonds is 6. The first-order chi connectivity index (χ1) is 5.27. The molecule has 0 fully saturated rings. The Labute approximate surface area is 100 Å². The van der Waals surface area contributed by atoms with Crippen LogP contribution in [0.5, 0.6) is 0 Å². The summed E-state index contributed by atoms with van der Waals surface area (Å²) in [7, 11) is 0. The van der Waals surface area contributed by atoms with Crippen LogP contribution in [-0.4, -0.2) is 11.8 Å². The van der Waals surface area contributed by atoms with Crippen LogP contribution in [0, 0.1) is 0 Å². The molecular formula is C8H12ClNaO2. The van der Waals surface area contributed by atoms with Gasteiger partial charge in [-0.2, -0.15) is 0 Å². The third-order valence-electron chi connectivity index (χ3n) is 1.26. The smallest absolute Gasteiger partial charge is 0.545 e. The Hall–Kier alpha value is 0.500. The van der Waals surface area contributed by atoms with E-state index in [9.17, 15) is 9.90 Å². The van der Waals surface area contributed by atoms with Crippen LogP contribution in [0.3, 0.4) is 0 Å². The zero-order chi connectivity index (χ0) is 8.53. The van der Waals surface area contributed by atoms with Crippen molar-refractivity contribution in [1.29, 1.82) is 0 Å². The van der Waals surface area contributed by atoms with Crippen LogP contribution < -0.4 is 34.7 Å². The Balaban J connectivity index is 0. The molecule has 0 radical (unpaired) electrons. The van der Waals surface area contributed by atoms with Gasteiger partial charge in [0.05, 0.1) is 5.97 Å². The fourth-order valence-electron chi connectivity index (χ4n) is 0.713. The Morgan fingerprint density at radius 3 is 2.50 bits per heavy atom. The minimum Gasteiger partial charge on any atom is -0.545 e. The van der Waals surface area contributed by atoms with Gasteiger partial charge in [-0.05, 0) is 25.3 Å².